The fourth-order valence-corrected chi connectivity index (χ4v) is 0.955. The van der Waals surface area contributed by atoms with Crippen molar-refractivity contribution in [3.8, 4) is 11.1 Å². The fourth-order valence-electron chi connectivity index (χ4n) is 0.955. The van der Waals surface area contributed by atoms with Crippen molar-refractivity contribution in [1.82, 2.24) is 9.97 Å². The van der Waals surface area contributed by atoms with E-state index in [1.165, 1.54) is 0 Å². The number of hydrogen-bond donors (Lipinski definition) is 0. The summed E-state index contributed by atoms with van der Waals surface area (Å²) >= 11 is 0. The van der Waals surface area contributed by atoms with Gasteiger partial charge in [-0.3, -0.25) is 10.5 Å². The summed E-state index contributed by atoms with van der Waals surface area (Å²) in [4.78, 5) is 7.87. The van der Waals surface area contributed by atoms with Crippen molar-refractivity contribution in [2.75, 3.05) is 0 Å². The Morgan fingerprint density at radius 2 is 1.92 bits per heavy atom. The third-order valence-electron chi connectivity index (χ3n) is 1.52. The number of hydrogen-bond acceptors (Lipinski definition) is 2. The van der Waals surface area contributed by atoms with Crippen molar-refractivity contribution in [1.29, 1.82) is 0 Å². The zero-order valence-corrected chi connectivity index (χ0v) is 9.77. The van der Waals surface area contributed by atoms with E-state index in [0.717, 1.165) is 11.1 Å². The van der Waals surface area contributed by atoms with E-state index in [0.29, 0.717) is 0 Å². The minimum absolute atomic E-state index is 0. The average Bonchev–Trinajstić information content (AvgIpc) is 2.21. The van der Waals surface area contributed by atoms with Crippen molar-refractivity contribution in [2.45, 2.75) is 0 Å². The molecule has 0 saturated heterocycles. The van der Waals surface area contributed by atoms with Crippen LogP contribution in [0.15, 0.2) is 36.9 Å². The smallest absolute Gasteiger partial charge is 0 e. The standard InChI is InChI=1S/C10H6N2.Y/c1-2-10(8-12-5-1)9-3-6-11-7-4-9;/h1,3,5-8H;/q-2;. The third-order valence-corrected chi connectivity index (χ3v) is 1.52. The summed E-state index contributed by atoms with van der Waals surface area (Å²) in [5.74, 6) is 0. The topological polar surface area (TPSA) is 25.8 Å². The minimum Gasteiger partial charge on any atom is -0.373 e. The van der Waals surface area contributed by atoms with Crippen LogP contribution in [0.5, 0.6) is 0 Å². The van der Waals surface area contributed by atoms with Crippen LogP contribution in [0.4, 0.5) is 0 Å². The maximum atomic E-state index is 3.99. The van der Waals surface area contributed by atoms with Crippen molar-refractivity contribution in [3.63, 3.8) is 0 Å². The van der Waals surface area contributed by atoms with Gasteiger partial charge in [-0.2, -0.15) is 6.07 Å². The van der Waals surface area contributed by atoms with Crippen LogP contribution in [0.2, 0.25) is 0 Å². The van der Waals surface area contributed by atoms with Crippen LogP contribution < -0.4 is 0 Å². The Bertz CT molecular complexity index is 310. The molecular weight excluding hydrogens is 237 g/mol. The molecule has 13 heavy (non-hydrogen) atoms. The van der Waals surface area contributed by atoms with Gasteiger partial charge in [-0.15, -0.1) is 12.3 Å². The maximum absolute atomic E-state index is 3.99. The zero-order valence-electron chi connectivity index (χ0n) is 6.94. The summed E-state index contributed by atoms with van der Waals surface area (Å²) < 4.78 is 0. The molecule has 0 aromatic carbocycles. The largest absolute Gasteiger partial charge is 0.373 e. The first-order valence-electron chi connectivity index (χ1n) is 3.60. The predicted molar refractivity (Wildman–Crippen MR) is 45.1 cm³/mol. The Balaban J connectivity index is 0.000000845. The van der Waals surface area contributed by atoms with Crippen molar-refractivity contribution in [2.24, 2.45) is 0 Å². The fraction of sp³-hybridized carbons (Fsp3) is 0. The monoisotopic (exact) mass is 243 g/mol. The van der Waals surface area contributed by atoms with Crippen molar-refractivity contribution in [3.05, 3.63) is 49.1 Å². The Morgan fingerprint density at radius 1 is 1.00 bits per heavy atom. The van der Waals surface area contributed by atoms with E-state index in [1.807, 2.05) is 6.07 Å². The molecule has 1 radical (unpaired) electrons. The van der Waals surface area contributed by atoms with Crippen LogP contribution in [0.1, 0.15) is 0 Å². The number of nitrogens with zero attached hydrogens (tertiary/aromatic N) is 2. The molecule has 0 aliphatic heterocycles. The Morgan fingerprint density at radius 3 is 2.54 bits per heavy atom. The molecule has 0 saturated carbocycles. The SMILES string of the molecule is [Y].[c-]1cnccc1-c1[c-]ccnc1. The van der Waals surface area contributed by atoms with Gasteiger partial charge < -0.3 is 4.98 Å². The van der Waals surface area contributed by atoms with Gasteiger partial charge in [-0.05, 0) is 12.4 Å². The van der Waals surface area contributed by atoms with Gasteiger partial charge in [0.05, 0.1) is 0 Å². The molecule has 0 amide bonds. The van der Waals surface area contributed by atoms with Gasteiger partial charge in [0.25, 0.3) is 0 Å². The molecule has 2 nitrogen and oxygen atoms in total. The second kappa shape index (κ2) is 5.20. The molecule has 3 heteroatoms. The first-order valence-corrected chi connectivity index (χ1v) is 3.60. The van der Waals surface area contributed by atoms with E-state index in [1.54, 1.807) is 30.9 Å². The van der Waals surface area contributed by atoms with Crippen LogP contribution >= 0.6 is 0 Å². The van der Waals surface area contributed by atoms with E-state index < -0.39 is 0 Å². The van der Waals surface area contributed by atoms with E-state index in [9.17, 15) is 0 Å². The summed E-state index contributed by atoms with van der Waals surface area (Å²) in [6.07, 6.45) is 6.82. The number of aromatic nitrogens is 2. The van der Waals surface area contributed by atoms with Crippen molar-refractivity contribution < 1.29 is 32.7 Å². The summed E-state index contributed by atoms with van der Waals surface area (Å²) in [7, 11) is 0. The van der Waals surface area contributed by atoms with Gasteiger partial charge in [0, 0.05) is 32.7 Å². The molecule has 2 heterocycles. The van der Waals surface area contributed by atoms with Gasteiger partial charge in [-0.25, -0.2) is 17.7 Å². The molecule has 0 unspecified atom stereocenters. The number of rotatable bonds is 1. The van der Waals surface area contributed by atoms with E-state index >= 15 is 0 Å². The summed E-state index contributed by atoms with van der Waals surface area (Å²) in [5.41, 5.74) is 1.91. The minimum atomic E-state index is 0. The molecule has 61 valence electrons. The Kier molecular flexibility index (Phi) is 4.20. The van der Waals surface area contributed by atoms with Crippen LogP contribution in [-0.2, 0) is 32.7 Å². The first-order chi connectivity index (χ1) is 5.97. The Hall–Kier alpha value is -0.596. The van der Waals surface area contributed by atoms with E-state index in [-0.39, 0.29) is 32.7 Å². The van der Waals surface area contributed by atoms with Gasteiger partial charge in [0.15, 0.2) is 0 Å². The molecule has 0 aliphatic carbocycles. The molecule has 0 aliphatic rings. The second-order valence-corrected chi connectivity index (χ2v) is 2.30. The third kappa shape index (κ3) is 2.68. The summed E-state index contributed by atoms with van der Waals surface area (Å²) in [6.45, 7) is 0. The van der Waals surface area contributed by atoms with Gasteiger partial charge in [-0.1, -0.05) is 6.20 Å². The molecule has 2 aromatic rings. The predicted octanol–water partition coefficient (Wildman–Crippen LogP) is 1.74. The second-order valence-electron chi connectivity index (χ2n) is 2.30. The zero-order chi connectivity index (χ0) is 8.23. The molecule has 0 bridgehead atoms. The molecule has 0 atom stereocenters. The van der Waals surface area contributed by atoms with Crippen LogP contribution in [0.3, 0.4) is 0 Å². The molecular formula is C10H6N2Y-2. The van der Waals surface area contributed by atoms with Crippen LogP contribution in [0, 0.1) is 12.1 Å². The quantitative estimate of drug-likeness (QED) is 0.713. The van der Waals surface area contributed by atoms with E-state index in [2.05, 4.69) is 22.1 Å². The van der Waals surface area contributed by atoms with Gasteiger partial charge in [0.1, 0.15) is 0 Å². The first kappa shape index (κ1) is 10.5. The molecule has 0 spiro atoms. The number of pyridine rings is 2. The van der Waals surface area contributed by atoms with Crippen LogP contribution in [-0.4, -0.2) is 9.97 Å². The van der Waals surface area contributed by atoms with Gasteiger partial charge in [0.2, 0.25) is 0 Å². The Labute approximate surface area is 102 Å². The maximum Gasteiger partial charge on any atom is 0 e. The van der Waals surface area contributed by atoms with Gasteiger partial charge >= 0.3 is 0 Å². The van der Waals surface area contributed by atoms with Crippen LogP contribution in [0.25, 0.3) is 11.1 Å². The molecule has 0 N–H and O–H groups in total. The van der Waals surface area contributed by atoms with Crippen molar-refractivity contribution >= 4 is 0 Å². The molecule has 0 fully saturated rings. The summed E-state index contributed by atoms with van der Waals surface area (Å²) in [6, 6.07) is 9.73. The van der Waals surface area contributed by atoms with E-state index in [4.69, 9.17) is 0 Å². The molecule has 2 rings (SSSR count). The average molecular weight is 243 g/mol. The molecule has 2 aromatic heterocycles. The summed E-state index contributed by atoms with van der Waals surface area (Å²) in [5, 5.41) is 0. The normalized spacial score (nSPS) is 8.92.